The molecule has 1 aromatic rings. The average Bonchev–Trinajstić information content (AvgIpc) is 2.34. The van der Waals surface area contributed by atoms with Gasteiger partial charge in [-0.3, -0.25) is 4.79 Å². The molecule has 98 valence electrons. The molecule has 0 spiro atoms. The summed E-state index contributed by atoms with van der Waals surface area (Å²) >= 11 is 0. The second kappa shape index (κ2) is 7.67. The van der Waals surface area contributed by atoms with Crippen molar-refractivity contribution in [3.63, 3.8) is 0 Å². The topological polar surface area (TPSA) is 49.3 Å². The third kappa shape index (κ3) is 6.21. The van der Waals surface area contributed by atoms with Crippen molar-refractivity contribution in [1.29, 1.82) is 0 Å². The van der Waals surface area contributed by atoms with Crippen LogP contribution in [-0.2, 0) is 4.79 Å². The van der Waals surface area contributed by atoms with Crippen LogP contribution in [-0.4, -0.2) is 23.7 Å². The van der Waals surface area contributed by atoms with Gasteiger partial charge in [-0.05, 0) is 30.9 Å². The van der Waals surface area contributed by atoms with Crippen molar-refractivity contribution < 1.29 is 9.90 Å². The summed E-state index contributed by atoms with van der Waals surface area (Å²) in [5.74, 6) is 0.176. The van der Waals surface area contributed by atoms with Crippen LogP contribution in [0.3, 0.4) is 0 Å². The molecule has 3 nitrogen and oxygen atoms in total. The molecular formula is C15H21NO2. The smallest absolute Gasteiger partial charge is 0.244 e. The Labute approximate surface area is 109 Å². The molecule has 3 heteroatoms. The van der Waals surface area contributed by atoms with E-state index in [4.69, 9.17) is 0 Å². The van der Waals surface area contributed by atoms with E-state index in [-0.39, 0.29) is 17.9 Å². The van der Waals surface area contributed by atoms with E-state index in [1.165, 1.54) is 6.08 Å². The van der Waals surface area contributed by atoms with Crippen molar-refractivity contribution >= 4 is 12.0 Å². The van der Waals surface area contributed by atoms with E-state index in [0.717, 1.165) is 5.56 Å². The van der Waals surface area contributed by atoms with Gasteiger partial charge in [0.05, 0.1) is 6.10 Å². The molecule has 0 aliphatic rings. The first-order valence-electron chi connectivity index (χ1n) is 6.27. The van der Waals surface area contributed by atoms with Gasteiger partial charge < -0.3 is 10.4 Å². The predicted molar refractivity (Wildman–Crippen MR) is 73.9 cm³/mol. The van der Waals surface area contributed by atoms with Crippen molar-refractivity contribution in [1.82, 2.24) is 5.32 Å². The molecule has 0 radical (unpaired) electrons. The van der Waals surface area contributed by atoms with E-state index in [1.54, 1.807) is 13.0 Å². The highest BCUT2D eigenvalue weighted by Gasteiger charge is 2.06. The molecule has 0 saturated carbocycles. The summed E-state index contributed by atoms with van der Waals surface area (Å²) in [6.07, 6.45) is 3.69. The van der Waals surface area contributed by atoms with Gasteiger partial charge in [-0.15, -0.1) is 0 Å². The van der Waals surface area contributed by atoms with Crippen LogP contribution in [0.15, 0.2) is 36.4 Å². The quantitative estimate of drug-likeness (QED) is 0.757. The van der Waals surface area contributed by atoms with E-state index in [9.17, 15) is 9.90 Å². The number of hydrogen-bond acceptors (Lipinski definition) is 2. The molecule has 18 heavy (non-hydrogen) atoms. The van der Waals surface area contributed by atoms with Gasteiger partial charge >= 0.3 is 0 Å². The van der Waals surface area contributed by atoms with Gasteiger partial charge in [-0.2, -0.15) is 0 Å². The van der Waals surface area contributed by atoms with Gasteiger partial charge in [-0.1, -0.05) is 37.3 Å². The van der Waals surface area contributed by atoms with Crippen molar-refractivity contribution in [3.05, 3.63) is 42.0 Å². The molecule has 2 N–H and O–H groups in total. The molecule has 0 bridgehead atoms. The third-order valence-corrected chi connectivity index (χ3v) is 2.59. The minimum atomic E-state index is -0.322. The molecule has 0 aromatic heterocycles. The first kappa shape index (κ1) is 14.5. The van der Waals surface area contributed by atoms with E-state index in [2.05, 4.69) is 5.32 Å². The lowest BCUT2D eigenvalue weighted by atomic mass is 10.0. The second-order valence-corrected chi connectivity index (χ2v) is 4.68. The number of rotatable bonds is 6. The van der Waals surface area contributed by atoms with Gasteiger partial charge in [0, 0.05) is 12.6 Å². The SMILES string of the molecule is CC(O)CC(C)CNC(=O)C=Cc1ccccc1. The van der Waals surface area contributed by atoms with Crippen molar-refractivity contribution in [3.8, 4) is 0 Å². The molecule has 0 aliphatic heterocycles. The zero-order chi connectivity index (χ0) is 13.4. The van der Waals surface area contributed by atoms with Crippen LogP contribution in [0.25, 0.3) is 6.08 Å². The Balaban J connectivity index is 2.32. The van der Waals surface area contributed by atoms with Crippen LogP contribution >= 0.6 is 0 Å². The number of carbonyl (C=O) groups excluding carboxylic acids is 1. The number of benzene rings is 1. The molecule has 2 unspecified atom stereocenters. The van der Waals surface area contributed by atoms with Crippen molar-refractivity contribution in [2.75, 3.05) is 6.54 Å². The highest BCUT2D eigenvalue weighted by atomic mass is 16.3. The summed E-state index contributed by atoms with van der Waals surface area (Å²) in [5.41, 5.74) is 1.00. The van der Waals surface area contributed by atoms with Gasteiger partial charge in [0.15, 0.2) is 0 Å². The normalized spacial score (nSPS) is 14.4. The van der Waals surface area contributed by atoms with E-state index in [1.807, 2.05) is 37.3 Å². The van der Waals surface area contributed by atoms with Gasteiger partial charge in [0.25, 0.3) is 0 Å². The molecule has 0 saturated heterocycles. The van der Waals surface area contributed by atoms with Crippen LogP contribution in [0.1, 0.15) is 25.8 Å². The zero-order valence-electron chi connectivity index (χ0n) is 11.0. The van der Waals surface area contributed by atoms with Crippen LogP contribution < -0.4 is 5.32 Å². The van der Waals surface area contributed by atoms with Crippen LogP contribution in [0.5, 0.6) is 0 Å². The zero-order valence-corrected chi connectivity index (χ0v) is 11.0. The van der Waals surface area contributed by atoms with E-state index >= 15 is 0 Å². The number of aliphatic hydroxyl groups excluding tert-OH is 1. The Kier molecular flexibility index (Phi) is 6.15. The second-order valence-electron chi connectivity index (χ2n) is 4.68. The standard InChI is InChI=1S/C15H21NO2/c1-12(10-13(2)17)11-16-15(18)9-8-14-6-4-3-5-7-14/h3-9,12-13,17H,10-11H2,1-2H3,(H,16,18). The summed E-state index contributed by atoms with van der Waals surface area (Å²) in [5, 5.41) is 12.0. The predicted octanol–water partition coefficient (Wildman–Crippen LogP) is 2.22. The fraction of sp³-hybridized carbons (Fsp3) is 0.400. The number of hydrogen-bond donors (Lipinski definition) is 2. The molecule has 1 rings (SSSR count). The van der Waals surface area contributed by atoms with Gasteiger partial charge in [-0.25, -0.2) is 0 Å². The van der Waals surface area contributed by atoms with E-state index < -0.39 is 0 Å². The van der Waals surface area contributed by atoms with E-state index in [0.29, 0.717) is 13.0 Å². The molecule has 1 amide bonds. The first-order valence-corrected chi connectivity index (χ1v) is 6.27. The van der Waals surface area contributed by atoms with Gasteiger partial charge in [0.2, 0.25) is 5.91 Å². The van der Waals surface area contributed by atoms with Crippen LogP contribution in [0.4, 0.5) is 0 Å². The average molecular weight is 247 g/mol. The highest BCUT2D eigenvalue weighted by Crippen LogP contribution is 2.04. The summed E-state index contributed by atoms with van der Waals surface area (Å²) in [7, 11) is 0. The van der Waals surface area contributed by atoms with Crippen LogP contribution in [0.2, 0.25) is 0 Å². The molecule has 0 fully saturated rings. The summed E-state index contributed by atoms with van der Waals surface area (Å²) < 4.78 is 0. The number of carbonyl (C=O) groups is 1. The minimum Gasteiger partial charge on any atom is -0.393 e. The minimum absolute atomic E-state index is 0.101. The first-order chi connectivity index (χ1) is 8.58. The Morgan fingerprint density at radius 2 is 2.00 bits per heavy atom. The monoisotopic (exact) mass is 247 g/mol. The molecular weight excluding hydrogens is 226 g/mol. The maximum Gasteiger partial charge on any atom is 0.244 e. The summed E-state index contributed by atoms with van der Waals surface area (Å²) in [6.45, 7) is 4.35. The number of aliphatic hydroxyl groups is 1. The third-order valence-electron chi connectivity index (χ3n) is 2.59. The Morgan fingerprint density at radius 3 is 2.61 bits per heavy atom. The molecule has 1 aromatic carbocycles. The lowest BCUT2D eigenvalue weighted by Crippen LogP contribution is -2.27. The van der Waals surface area contributed by atoms with Gasteiger partial charge in [0.1, 0.15) is 0 Å². The Morgan fingerprint density at radius 1 is 1.33 bits per heavy atom. The summed E-state index contributed by atoms with van der Waals surface area (Å²) in [6, 6.07) is 9.69. The molecule has 0 heterocycles. The molecule has 2 atom stereocenters. The fourth-order valence-corrected chi connectivity index (χ4v) is 1.74. The summed E-state index contributed by atoms with van der Waals surface area (Å²) in [4.78, 5) is 11.5. The lowest BCUT2D eigenvalue weighted by molar-refractivity contribution is -0.116. The number of nitrogens with one attached hydrogen (secondary N) is 1. The van der Waals surface area contributed by atoms with Crippen molar-refractivity contribution in [2.24, 2.45) is 5.92 Å². The fourth-order valence-electron chi connectivity index (χ4n) is 1.74. The van der Waals surface area contributed by atoms with Crippen molar-refractivity contribution in [2.45, 2.75) is 26.4 Å². The maximum absolute atomic E-state index is 11.5. The Bertz CT molecular complexity index is 385. The van der Waals surface area contributed by atoms with Crippen LogP contribution in [0, 0.1) is 5.92 Å². The molecule has 0 aliphatic carbocycles. The Hall–Kier alpha value is -1.61. The maximum atomic E-state index is 11.5. The lowest BCUT2D eigenvalue weighted by Gasteiger charge is -2.13. The largest absolute Gasteiger partial charge is 0.393 e. The number of amides is 1. The highest BCUT2D eigenvalue weighted by molar-refractivity contribution is 5.91.